The summed E-state index contributed by atoms with van der Waals surface area (Å²) in [6, 6.07) is 12.1. The zero-order valence-corrected chi connectivity index (χ0v) is 11.8. The largest absolute Gasteiger partial charge is 0.338 e. The number of rotatable bonds is 1. The lowest BCUT2D eigenvalue weighted by Gasteiger charge is -2.29. The van der Waals surface area contributed by atoms with E-state index < -0.39 is 0 Å². The predicted octanol–water partition coefficient (Wildman–Crippen LogP) is 2.62. The molecule has 0 radical (unpaired) electrons. The highest BCUT2D eigenvalue weighted by atomic mass is 19.1. The van der Waals surface area contributed by atoms with Crippen LogP contribution in [0.1, 0.15) is 11.1 Å². The maximum atomic E-state index is 13.3. The van der Waals surface area contributed by atoms with Crippen LogP contribution in [0.5, 0.6) is 0 Å². The molecule has 0 saturated carbocycles. The Labute approximate surface area is 126 Å². The molecule has 0 spiro atoms. The molecule has 0 aliphatic carbocycles. The van der Waals surface area contributed by atoms with Crippen molar-refractivity contribution in [2.45, 2.75) is 13.0 Å². The Morgan fingerprint density at radius 2 is 2.00 bits per heavy atom. The number of hydrogen-bond acceptors (Lipinski definition) is 3. The van der Waals surface area contributed by atoms with Gasteiger partial charge >= 0.3 is 0 Å². The Kier molecular flexibility index (Phi) is 2.92. The molecule has 22 heavy (non-hydrogen) atoms. The number of halogens is 1. The zero-order valence-electron chi connectivity index (χ0n) is 11.8. The van der Waals surface area contributed by atoms with Crippen molar-refractivity contribution in [3.05, 3.63) is 69.8 Å². The molecule has 4 rings (SSSR count). The van der Waals surface area contributed by atoms with Crippen LogP contribution in [0.2, 0.25) is 0 Å². The Balaban J connectivity index is 1.74. The quantitative estimate of drug-likeness (QED) is 0.751. The van der Waals surface area contributed by atoms with E-state index in [0.29, 0.717) is 29.9 Å². The number of fused-ring (bicyclic) bond motifs is 2. The van der Waals surface area contributed by atoms with Crippen LogP contribution in [0, 0.1) is 5.82 Å². The van der Waals surface area contributed by atoms with Crippen LogP contribution in [-0.2, 0) is 13.0 Å². The van der Waals surface area contributed by atoms with E-state index in [1.54, 1.807) is 18.2 Å². The minimum absolute atomic E-state index is 0.134. The van der Waals surface area contributed by atoms with Crippen molar-refractivity contribution in [2.24, 2.45) is 0 Å². The molecular formula is C17H14FN3O. The Hall–Kier alpha value is -2.69. The van der Waals surface area contributed by atoms with Gasteiger partial charge in [0.25, 0.3) is 5.56 Å². The lowest BCUT2D eigenvalue weighted by atomic mass is 10.00. The number of aromatic nitrogens is 2. The molecule has 5 heteroatoms. The molecule has 2 heterocycles. The first-order valence-corrected chi connectivity index (χ1v) is 7.22. The molecule has 0 amide bonds. The summed E-state index contributed by atoms with van der Waals surface area (Å²) in [5.41, 5.74) is 2.65. The standard InChI is InChI=1S/C17H14FN3O/c18-13-6-5-12-10-21(8-7-11(12)9-13)17-19-15-4-2-1-3-14(15)16(22)20-17/h1-6,9H,7-8,10H2,(H,19,20,22). The molecule has 4 nitrogen and oxygen atoms in total. The lowest BCUT2D eigenvalue weighted by molar-refractivity contribution is 0.618. The number of para-hydroxylation sites is 1. The lowest BCUT2D eigenvalue weighted by Crippen LogP contribution is -2.33. The highest BCUT2D eigenvalue weighted by Crippen LogP contribution is 2.23. The summed E-state index contributed by atoms with van der Waals surface area (Å²) in [4.78, 5) is 21.6. The molecule has 0 atom stereocenters. The van der Waals surface area contributed by atoms with Crippen LogP contribution >= 0.6 is 0 Å². The molecule has 1 aliphatic rings. The fourth-order valence-corrected chi connectivity index (χ4v) is 2.93. The highest BCUT2D eigenvalue weighted by Gasteiger charge is 2.19. The molecular weight excluding hydrogens is 281 g/mol. The van der Waals surface area contributed by atoms with Gasteiger partial charge in [0.1, 0.15) is 5.82 Å². The van der Waals surface area contributed by atoms with Crippen molar-refractivity contribution in [2.75, 3.05) is 11.4 Å². The Morgan fingerprint density at radius 3 is 2.91 bits per heavy atom. The fraction of sp³-hybridized carbons (Fsp3) is 0.176. The summed E-state index contributed by atoms with van der Waals surface area (Å²) >= 11 is 0. The van der Waals surface area contributed by atoms with Gasteiger partial charge in [0.15, 0.2) is 0 Å². The van der Waals surface area contributed by atoms with Gasteiger partial charge in [0.05, 0.1) is 10.9 Å². The third-order valence-electron chi connectivity index (χ3n) is 4.08. The zero-order chi connectivity index (χ0) is 15.1. The topological polar surface area (TPSA) is 49.0 Å². The first-order chi connectivity index (χ1) is 10.7. The van der Waals surface area contributed by atoms with Crippen molar-refractivity contribution >= 4 is 16.9 Å². The monoisotopic (exact) mass is 295 g/mol. The summed E-state index contributed by atoms with van der Waals surface area (Å²) in [6.45, 7) is 1.33. The van der Waals surface area contributed by atoms with E-state index in [0.717, 1.165) is 17.5 Å². The van der Waals surface area contributed by atoms with Crippen molar-refractivity contribution in [1.82, 2.24) is 9.97 Å². The van der Waals surface area contributed by atoms with Gasteiger partial charge in [-0.1, -0.05) is 18.2 Å². The van der Waals surface area contributed by atoms with E-state index in [1.807, 2.05) is 23.1 Å². The van der Waals surface area contributed by atoms with E-state index >= 15 is 0 Å². The molecule has 0 bridgehead atoms. The molecule has 2 aromatic carbocycles. The number of aromatic amines is 1. The SMILES string of the molecule is O=c1[nH]c(N2CCc3cc(F)ccc3C2)nc2ccccc12. The molecule has 0 saturated heterocycles. The van der Waals surface area contributed by atoms with Crippen molar-refractivity contribution in [3.8, 4) is 0 Å². The summed E-state index contributed by atoms with van der Waals surface area (Å²) in [5.74, 6) is 0.364. The number of hydrogen-bond donors (Lipinski definition) is 1. The first-order valence-electron chi connectivity index (χ1n) is 7.22. The van der Waals surface area contributed by atoms with Gasteiger partial charge in [0.2, 0.25) is 5.95 Å². The summed E-state index contributed by atoms with van der Waals surface area (Å²) in [6.07, 6.45) is 0.740. The first kappa shape index (κ1) is 13.0. The van der Waals surface area contributed by atoms with Crippen LogP contribution in [0.15, 0.2) is 47.3 Å². The third-order valence-corrected chi connectivity index (χ3v) is 4.08. The van der Waals surface area contributed by atoms with E-state index in [2.05, 4.69) is 9.97 Å². The van der Waals surface area contributed by atoms with E-state index in [4.69, 9.17) is 0 Å². The van der Waals surface area contributed by atoms with E-state index in [1.165, 1.54) is 6.07 Å². The van der Waals surface area contributed by atoms with Crippen LogP contribution in [0.25, 0.3) is 10.9 Å². The van der Waals surface area contributed by atoms with Gasteiger partial charge in [-0.25, -0.2) is 9.37 Å². The number of nitrogens with one attached hydrogen (secondary N) is 1. The second-order valence-electron chi connectivity index (χ2n) is 5.49. The molecule has 1 N–H and O–H groups in total. The molecule has 110 valence electrons. The van der Waals surface area contributed by atoms with Gasteiger partial charge in [0, 0.05) is 13.1 Å². The molecule has 0 unspecified atom stereocenters. The summed E-state index contributed by atoms with van der Waals surface area (Å²) < 4.78 is 13.3. The second-order valence-corrected chi connectivity index (χ2v) is 5.49. The minimum atomic E-state index is -0.204. The molecule has 1 aromatic heterocycles. The summed E-state index contributed by atoms with van der Waals surface area (Å²) in [5, 5.41) is 0.589. The van der Waals surface area contributed by atoms with Crippen LogP contribution in [-0.4, -0.2) is 16.5 Å². The average molecular weight is 295 g/mol. The average Bonchev–Trinajstić information content (AvgIpc) is 2.54. The minimum Gasteiger partial charge on any atom is -0.338 e. The van der Waals surface area contributed by atoms with E-state index in [9.17, 15) is 9.18 Å². The predicted molar refractivity (Wildman–Crippen MR) is 83.5 cm³/mol. The van der Waals surface area contributed by atoms with E-state index in [-0.39, 0.29) is 11.4 Å². The number of nitrogens with zero attached hydrogens (tertiary/aromatic N) is 2. The smallest absolute Gasteiger partial charge is 0.260 e. The molecule has 1 aliphatic heterocycles. The van der Waals surface area contributed by atoms with Crippen molar-refractivity contribution < 1.29 is 4.39 Å². The van der Waals surface area contributed by atoms with Gasteiger partial charge in [-0.2, -0.15) is 0 Å². The Bertz CT molecular complexity index is 919. The maximum absolute atomic E-state index is 13.3. The molecule has 3 aromatic rings. The van der Waals surface area contributed by atoms with Gasteiger partial charge in [-0.3, -0.25) is 9.78 Å². The second kappa shape index (κ2) is 4.94. The van der Waals surface area contributed by atoms with Gasteiger partial charge in [-0.15, -0.1) is 0 Å². The van der Waals surface area contributed by atoms with Crippen LogP contribution < -0.4 is 10.5 Å². The molecule has 0 fully saturated rings. The third kappa shape index (κ3) is 2.15. The number of H-pyrrole nitrogens is 1. The van der Waals surface area contributed by atoms with Crippen molar-refractivity contribution in [3.63, 3.8) is 0 Å². The van der Waals surface area contributed by atoms with Crippen LogP contribution in [0.3, 0.4) is 0 Å². The fourth-order valence-electron chi connectivity index (χ4n) is 2.93. The van der Waals surface area contributed by atoms with Crippen LogP contribution in [0.4, 0.5) is 10.3 Å². The number of anilines is 1. The highest BCUT2D eigenvalue weighted by molar-refractivity contribution is 5.78. The number of benzene rings is 2. The van der Waals surface area contributed by atoms with Gasteiger partial charge < -0.3 is 4.90 Å². The maximum Gasteiger partial charge on any atom is 0.260 e. The van der Waals surface area contributed by atoms with Crippen molar-refractivity contribution in [1.29, 1.82) is 0 Å². The normalized spacial score (nSPS) is 14.1. The Morgan fingerprint density at radius 1 is 1.14 bits per heavy atom. The summed E-state index contributed by atoms with van der Waals surface area (Å²) in [7, 11) is 0. The van der Waals surface area contributed by atoms with Gasteiger partial charge in [-0.05, 0) is 41.8 Å².